The van der Waals surface area contributed by atoms with E-state index in [0.29, 0.717) is 34.7 Å². The summed E-state index contributed by atoms with van der Waals surface area (Å²) < 4.78 is 8.14. The summed E-state index contributed by atoms with van der Waals surface area (Å²) in [6.07, 6.45) is 1.69. The number of allylic oxidation sites excluding steroid dienone is 1. The normalized spacial score (nSPS) is 10.9. The van der Waals surface area contributed by atoms with Crippen molar-refractivity contribution in [3.63, 3.8) is 0 Å². The second kappa shape index (κ2) is 9.65. The Kier molecular flexibility index (Phi) is 6.65. The Morgan fingerprint density at radius 2 is 1.88 bits per heavy atom. The summed E-state index contributed by atoms with van der Waals surface area (Å²) in [5, 5.41) is 3.89. The third-order valence-corrected chi connectivity index (χ3v) is 6.78. The molecular weight excluding hydrogens is 446 g/mol. The van der Waals surface area contributed by atoms with Crippen LogP contribution in [0.15, 0.2) is 55.1 Å². The van der Waals surface area contributed by atoms with Gasteiger partial charge in [-0.05, 0) is 75.2 Å². The van der Waals surface area contributed by atoms with Crippen LogP contribution >= 0.6 is 11.3 Å². The summed E-state index contributed by atoms with van der Waals surface area (Å²) in [7, 11) is 0. The third-order valence-electron chi connectivity index (χ3n) is 5.71. The van der Waals surface area contributed by atoms with Gasteiger partial charge in [-0.3, -0.25) is 4.79 Å². The zero-order valence-corrected chi connectivity index (χ0v) is 20.6. The van der Waals surface area contributed by atoms with Gasteiger partial charge in [-0.2, -0.15) is 0 Å². The molecule has 0 aliphatic carbocycles. The van der Waals surface area contributed by atoms with Crippen molar-refractivity contribution in [1.82, 2.24) is 9.55 Å². The predicted octanol–water partition coefficient (Wildman–Crippen LogP) is 6.31. The van der Waals surface area contributed by atoms with Gasteiger partial charge in [-0.1, -0.05) is 12.1 Å². The standard InChI is InChI=1S/C27H27N3O3S/c1-6-14-30-18(5)23(17(4)24(30)27(32)33-7-2)25(31)28-20-11-9-19(10-12-20)26-29-21-13-8-16(3)15-22(21)34-26/h6,8-13,15H,1,7,14H2,2-5H3,(H,28,31). The number of nitrogens with one attached hydrogen (secondary N) is 1. The predicted molar refractivity (Wildman–Crippen MR) is 138 cm³/mol. The summed E-state index contributed by atoms with van der Waals surface area (Å²) in [6, 6.07) is 13.9. The number of esters is 1. The topological polar surface area (TPSA) is 73.2 Å². The number of ether oxygens (including phenoxy) is 1. The van der Waals surface area contributed by atoms with Crippen LogP contribution in [0, 0.1) is 20.8 Å². The van der Waals surface area contributed by atoms with Gasteiger partial charge in [0.25, 0.3) is 5.91 Å². The average Bonchev–Trinajstić information content (AvgIpc) is 3.32. The Labute approximate surface area is 202 Å². The molecule has 7 heteroatoms. The number of nitrogens with zero attached hydrogens (tertiary/aromatic N) is 2. The molecule has 2 aromatic carbocycles. The van der Waals surface area contributed by atoms with E-state index < -0.39 is 5.97 Å². The number of carbonyl (C=O) groups excluding carboxylic acids is 2. The van der Waals surface area contributed by atoms with E-state index in [0.717, 1.165) is 20.8 Å². The van der Waals surface area contributed by atoms with E-state index >= 15 is 0 Å². The highest BCUT2D eigenvalue weighted by molar-refractivity contribution is 7.21. The molecule has 0 aliphatic heterocycles. The molecule has 0 unspecified atom stereocenters. The van der Waals surface area contributed by atoms with Crippen LogP contribution in [-0.2, 0) is 11.3 Å². The maximum Gasteiger partial charge on any atom is 0.355 e. The molecule has 0 saturated heterocycles. The third kappa shape index (κ3) is 4.39. The van der Waals surface area contributed by atoms with Crippen molar-refractivity contribution in [1.29, 1.82) is 0 Å². The number of benzene rings is 2. The van der Waals surface area contributed by atoms with Crippen molar-refractivity contribution < 1.29 is 14.3 Å². The maximum absolute atomic E-state index is 13.2. The monoisotopic (exact) mass is 473 g/mol. The quantitative estimate of drug-likeness (QED) is 0.252. The van der Waals surface area contributed by atoms with Gasteiger partial charge in [0, 0.05) is 23.5 Å². The van der Waals surface area contributed by atoms with Crippen molar-refractivity contribution >= 4 is 39.1 Å². The molecule has 0 spiro atoms. The van der Waals surface area contributed by atoms with Crippen molar-refractivity contribution in [3.8, 4) is 10.6 Å². The van der Waals surface area contributed by atoms with Crippen LogP contribution in [0.25, 0.3) is 20.8 Å². The minimum atomic E-state index is -0.445. The fraction of sp³-hybridized carbons (Fsp3) is 0.222. The fourth-order valence-corrected chi connectivity index (χ4v) is 5.16. The van der Waals surface area contributed by atoms with Crippen LogP contribution in [-0.4, -0.2) is 28.0 Å². The molecule has 1 N–H and O–H groups in total. The van der Waals surface area contributed by atoms with Gasteiger partial charge in [0.1, 0.15) is 10.7 Å². The van der Waals surface area contributed by atoms with Crippen LogP contribution < -0.4 is 5.32 Å². The van der Waals surface area contributed by atoms with E-state index in [1.54, 1.807) is 35.8 Å². The maximum atomic E-state index is 13.2. The van der Waals surface area contributed by atoms with E-state index in [9.17, 15) is 9.59 Å². The number of aromatic nitrogens is 2. The molecule has 2 aromatic heterocycles. The largest absolute Gasteiger partial charge is 0.461 e. The Bertz CT molecular complexity index is 1400. The molecule has 4 aromatic rings. The lowest BCUT2D eigenvalue weighted by molar-refractivity contribution is 0.0513. The highest BCUT2D eigenvalue weighted by atomic mass is 32.1. The number of carbonyl (C=O) groups is 2. The number of hydrogen-bond donors (Lipinski definition) is 1. The highest BCUT2D eigenvalue weighted by Gasteiger charge is 2.26. The molecule has 2 heterocycles. The zero-order valence-electron chi connectivity index (χ0n) is 19.8. The van der Waals surface area contributed by atoms with Crippen molar-refractivity contribution in [2.75, 3.05) is 11.9 Å². The van der Waals surface area contributed by atoms with Gasteiger partial charge in [0.15, 0.2) is 0 Å². The van der Waals surface area contributed by atoms with Gasteiger partial charge >= 0.3 is 5.97 Å². The van der Waals surface area contributed by atoms with Crippen LogP contribution in [0.2, 0.25) is 0 Å². The Morgan fingerprint density at radius 1 is 1.15 bits per heavy atom. The molecular formula is C27H27N3O3S. The number of fused-ring (bicyclic) bond motifs is 1. The van der Waals surface area contributed by atoms with Gasteiger partial charge in [-0.15, -0.1) is 17.9 Å². The van der Waals surface area contributed by atoms with E-state index in [1.807, 2.05) is 37.3 Å². The van der Waals surface area contributed by atoms with Gasteiger partial charge in [-0.25, -0.2) is 9.78 Å². The van der Waals surface area contributed by atoms with Crippen molar-refractivity contribution in [2.24, 2.45) is 0 Å². The second-order valence-electron chi connectivity index (χ2n) is 8.08. The van der Waals surface area contributed by atoms with E-state index in [4.69, 9.17) is 9.72 Å². The molecule has 0 saturated carbocycles. The minimum absolute atomic E-state index is 0.263. The average molecular weight is 474 g/mol. The summed E-state index contributed by atoms with van der Waals surface area (Å²) >= 11 is 1.65. The lowest BCUT2D eigenvalue weighted by Crippen LogP contribution is -2.14. The number of anilines is 1. The number of amides is 1. The zero-order chi connectivity index (χ0) is 24.4. The fourth-order valence-electron chi connectivity index (χ4n) is 4.09. The Balaban J connectivity index is 1.59. The molecule has 0 aliphatic rings. The van der Waals surface area contributed by atoms with Crippen molar-refractivity contribution in [2.45, 2.75) is 34.2 Å². The molecule has 0 radical (unpaired) electrons. The molecule has 1 amide bonds. The van der Waals surface area contributed by atoms with Gasteiger partial charge < -0.3 is 14.6 Å². The smallest absolute Gasteiger partial charge is 0.355 e. The number of aryl methyl sites for hydroxylation is 1. The molecule has 174 valence electrons. The molecule has 34 heavy (non-hydrogen) atoms. The van der Waals surface area contributed by atoms with Gasteiger partial charge in [0.05, 0.1) is 22.4 Å². The van der Waals surface area contributed by atoms with E-state index in [2.05, 4.69) is 31.0 Å². The van der Waals surface area contributed by atoms with Gasteiger partial charge in [0.2, 0.25) is 0 Å². The van der Waals surface area contributed by atoms with Crippen LogP contribution in [0.5, 0.6) is 0 Å². The first kappa shape index (κ1) is 23.4. The number of rotatable bonds is 7. The van der Waals surface area contributed by atoms with Crippen LogP contribution in [0.4, 0.5) is 5.69 Å². The van der Waals surface area contributed by atoms with E-state index in [-0.39, 0.29) is 12.5 Å². The molecule has 4 rings (SSSR count). The lowest BCUT2D eigenvalue weighted by atomic mass is 10.1. The highest BCUT2D eigenvalue weighted by Crippen LogP contribution is 2.31. The van der Waals surface area contributed by atoms with Crippen molar-refractivity contribution in [3.05, 3.63) is 83.2 Å². The summed E-state index contributed by atoms with van der Waals surface area (Å²) in [4.78, 5) is 30.5. The van der Waals surface area contributed by atoms with E-state index in [1.165, 1.54) is 5.56 Å². The first-order valence-electron chi connectivity index (χ1n) is 11.1. The number of hydrogen-bond acceptors (Lipinski definition) is 5. The minimum Gasteiger partial charge on any atom is -0.461 e. The second-order valence-corrected chi connectivity index (χ2v) is 9.11. The summed E-state index contributed by atoms with van der Waals surface area (Å²) in [5.74, 6) is -0.717. The lowest BCUT2D eigenvalue weighted by Gasteiger charge is -2.09. The molecule has 0 atom stereocenters. The van der Waals surface area contributed by atoms with Crippen LogP contribution in [0.3, 0.4) is 0 Å². The Morgan fingerprint density at radius 3 is 2.56 bits per heavy atom. The summed E-state index contributed by atoms with van der Waals surface area (Å²) in [5.41, 5.74) is 5.98. The Hall–Kier alpha value is -3.71. The molecule has 0 fully saturated rings. The molecule has 0 bridgehead atoms. The first-order valence-corrected chi connectivity index (χ1v) is 11.9. The SMILES string of the molecule is C=CCn1c(C)c(C(=O)Nc2ccc(-c3nc4ccc(C)cc4s3)cc2)c(C)c1C(=O)OCC. The number of thiazole rings is 1. The van der Waals surface area contributed by atoms with Crippen LogP contribution in [0.1, 0.15) is 44.6 Å². The summed E-state index contributed by atoms with van der Waals surface area (Å²) in [6.45, 7) is 11.9. The first-order chi connectivity index (χ1) is 16.3. The molecule has 6 nitrogen and oxygen atoms in total.